The fourth-order valence-electron chi connectivity index (χ4n) is 1.97. The zero-order valence-corrected chi connectivity index (χ0v) is 12.6. The highest BCUT2D eigenvalue weighted by atomic mass is 16.2. The van der Waals surface area contributed by atoms with E-state index >= 15 is 0 Å². The van der Waals surface area contributed by atoms with Crippen LogP contribution in [-0.2, 0) is 4.79 Å². The van der Waals surface area contributed by atoms with Crippen LogP contribution in [-0.4, -0.2) is 37.0 Å². The Balaban J connectivity index is 3.90. The molecule has 0 aliphatic heterocycles. The number of carbonyl (C=O) groups is 1. The quantitative estimate of drug-likeness (QED) is 0.544. The molecule has 108 valence electrons. The Morgan fingerprint density at radius 1 is 0.944 bits per heavy atom. The van der Waals surface area contributed by atoms with Crippen LogP contribution in [0.3, 0.4) is 0 Å². The zero-order chi connectivity index (χ0) is 13.6. The van der Waals surface area contributed by atoms with Crippen molar-refractivity contribution in [2.24, 2.45) is 0 Å². The SMILES string of the molecule is CCCCCCN(CCCC)C(=O)CCNCC. The topological polar surface area (TPSA) is 32.3 Å². The molecule has 1 amide bonds. The summed E-state index contributed by atoms with van der Waals surface area (Å²) in [6.07, 6.45) is 7.87. The van der Waals surface area contributed by atoms with Crippen molar-refractivity contribution < 1.29 is 4.79 Å². The molecule has 1 N–H and O–H groups in total. The van der Waals surface area contributed by atoms with E-state index in [2.05, 4.69) is 31.0 Å². The summed E-state index contributed by atoms with van der Waals surface area (Å²) >= 11 is 0. The second-order valence-electron chi connectivity index (χ2n) is 4.90. The fourth-order valence-corrected chi connectivity index (χ4v) is 1.97. The van der Waals surface area contributed by atoms with E-state index < -0.39 is 0 Å². The minimum absolute atomic E-state index is 0.320. The van der Waals surface area contributed by atoms with Gasteiger partial charge in [0.05, 0.1) is 0 Å². The van der Waals surface area contributed by atoms with Gasteiger partial charge in [0.15, 0.2) is 0 Å². The molecule has 0 radical (unpaired) electrons. The molecule has 0 spiro atoms. The van der Waals surface area contributed by atoms with Crippen LogP contribution in [0.2, 0.25) is 0 Å². The lowest BCUT2D eigenvalue weighted by Gasteiger charge is -2.22. The summed E-state index contributed by atoms with van der Waals surface area (Å²) in [5.74, 6) is 0.320. The van der Waals surface area contributed by atoms with Gasteiger partial charge in [-0.3, -0.25) is 4.79 Å². The number of rotatable bonds is 12. The van der Waals surface area contributed by atoms with Crippen molar-refractivity contribution in [1.82, 2.24) is 10.2 Å². The van der Waals surface area contributed by atoms with Gasteiger partial charge in [-0.25, -0.2) is 0 Å². The second kappa shape index (κ2) is 12.9. The molecule has 0 aliphatic rings. The Bertz CT molecular complexity index is 195. The lowest BCUT2D eigenvalue weighted by atomic mass is 10.2. The molecule has 3 nitrogen and oxygen atoms in total. The van der Waals surface area contributed by atoms with Gasteiger partial charge < -0.3 is 10.2 Å². The van der Waals surface area contributed by atoms with Crippen LogP contribution in [0.1, 0.15) is 65.7 Å². The highest BCUT2D eigenvalue weighted by Crippen LogP contribution is 2.05. The van der Waals surface area contributed by atoms with Crippen LogP contribution in [0, 0.1) is 0 Å². The molecule has 0 rings (SSSR count). The van der Waals surface area contributed by atoms with E-state index in [1.54, 1.807) is 0 Å². The van der Waals surface area contributed by atoms with E-state index in [-0.39, 0.29) is 0 Å². The Kier molecular flexibility index (Phi) is 12.5. The average Bonchev–Trinajstić information content (AvgIpc) is 2.38. The van der Waals surface area contributed by atoms with Crippen molar-refractivity contribution in [3.05, 3.63) is 0 Å². The maximum absolute atomic E-state index is 12.1. The first-order valence-electron chi connectivity index (χ1n) is 7.74. The molecule has 0 aliphatic carbocycles. The third kappa shape index (κ3) is 9.46. The predicted octanol–water partition coefficient (Wildman–Crippen LogP) is 3.20. The maximum Gasteiger partial charge on any atom is 0.223 e. The van der Waals surface area contributed by atoms with Gasteiger partial charge >= 0.3 is 0 Å². The van der Waals surface area contributed by atoms with E-state index in [4.69, 9.17) is 0 Å². The van der Waals surface area contributed by atoms with Crippen LogP contribution in [0.15, 0.2) is 0 Å². The van der Waals surface area contributed by atoms with E-state index in [1.807, 2.05) is 0 Å². The van der Waals surface area contributed by atoms with Gasteiger partial charge in [-0.1, -0.05) is 46.5 Å². The summed E-state index contributed by atoms with van der Waals surface area (Å²) in [6, 6.07) is 0. The summed E-state index contributed by atoms with van der Waals surface area (Å²) in [5.41, 5.74) is 0. The van der Waals surface area contributed by atoms with Crippen molar-refractivity contribution in [2.45, 2.75) is 65.7 Å². The molecule has 18 heavy (non-hydrogen) atoms. The number of amides is 1. The third-order valence-electron chi connectivity index (χ3n) is 3.18. The summed E-state index contributed by atoms with van der Waals surface area (Å²) in [4.78, 5) is 14.1. The van der Waals surface area contributed by atoms with Crippen molar-refractivity contribution in [2.75, 3.05) is 26.2 Å². The Morgan fingerprint density at radius 3 is 2.22 bits per heavy atom. The molecule has 0 saturated heterocycles. The monoisotopic (exact) mass is 256 g/mol. The minimum atomic E-state index is 0.320. The summed E-state index contributed by atoms with van der Waals surface area (Å²) in [5, 5.41) is 3.22. The van der Waals surface area contributed by atoms with Crippen molar-refractivity contribution in [1.29, 1.82) is 0 Å². The minimum Gasteiger partial charge on any atom is -0.343 e. The Hall–Kier alpha value is -0.570. The lowest BCUT2D eigenvalue weighted by molar-refractivity contribution is -0.131. The highest BCUT2D eigenvalue weighted by Gasteiger charge is 2.11. The predicted molar refractivity (Wildman–Crippen MR) is 78.8 cm³/mol. The number of nitrogens with zero attached hydrogens (tertiary/aromatic N) is 1. The van der Waals surface area contributed by atoms with Gasteiger partial charge in [-0.15, -0.1) is 0 Å². The molecule has 0 saturated carbocycles. The maximum atomic E-state index is 12.1. The molecular weight excluding hydrogens is 224 g/mol. The number of hydrogen-bond acceptors (Lipinski definition) is 2. The molecule has 0 bridgehead atoms. The van der Waals surface area contributed by atoms with Gasteiger partial charge in [0.1, 0.15) is 0 Å². The lowest BCUT2D eigenvalue weighted by Crippen LogP contribution is -2.34. The average molecular weight is 256 g/mol. The first kappa shape index (κ1) is 17.4. The summed E-state index contributed by atoms with van der Waals surface area (Å²) in [7, 11) is 0. The van der Waals surface area contributed by atoms with Gasteiger partial charge in [0, 0.05) is 26.1 Å². The largest absolute Gasteiger partial charge is 0.343 e. The van der Waals surface area contributed by atoms with Crippen molar-refractivity contribution in [3.8, 4) is 0 Å². The van der Waals surface area contributed by atoms with Crippen molar-refractivity contribution >= 4 is 5.91 Å². The van der Waals surface area contributed by atoms with Crippen LogP contribution >= 0.6 is 0 Å². The molecule has 0 aromatic rings. The number of nitrogens with one attached hydrogen (secondary N) is 1. The normalized spacial score (nSPS) is 10.6. The molecule has 0 atom stereocenters. The molecule has 0 aromatic carbocycles. The highest BCUT2D eigenvalue weighted by molar-refractivity contribution is 5.76. The van der Waals surface area contributed by atoms with Crippen LogP contribution in [0.4, 0.5) is 0 Å². The number of hydrogen-bond donors (Lipinski definition) is 1. The summed E-state index contributed by atoms with van der Waals surface area (Å²) in [6.45, 7) is 10.1. The van der Waals surface area contributed by atoms with Gasteiger partial charge in [0.25, 0.3) is 0 Å². The van der Waals surface area contributed by atoms with Crippen LogP contribution in [0.25, 0.3) is 0 Å². The first-order chi connectivity index (χ1) is 8.76. The fraction of sp³-hybridized carbons (Fsp3) is 0.933. The molecule has 0 unspecified atom stereocenters. The number of unbranched alkanes of at least 4 members (excludes halogenated alkanes) is 4. The van der Waals surface area contributed by atoms with Crippen molar-refractivity contribution in [3.63, 3.8) is 0 Å². The van der Waals surface area contributed by atoms with E-state index in [0.29, 0.717) is 12.3 Å². The van der Waals surface area contributed by atoms with Gasteiger partial charge in [-0.2, -0.15) is 0 Å². The Labute approximate surface area is 113 Å². The molecular formula is C15H32N2O. The zero-order valence-electron chi connectivity index (χ0n) is 12.6. The molecule has 3 heteroatoms. The standard InChI is InChI=1S/C15H32N2O/c1-4-7-9-10-14-17(13-8-5-2)15(18)11-12-16-6-3/h16H,4-14H2,1-3H3. The van der Waals surface area contributed by atoms with Crippen LogP contribution < -0.4 is 5.32 Å². The summed E-state index contributed by atoms with van der Waals surface area (Å²) < 4.78 is 0. The Morgan fingerprint density at radius 2 is 1.61 bits per heavy atom. The number of carbonyl (C=O) groups excluding carboxylic acids is 1. The molecule has 0 fully saturated rings. The van der Waals surface area contributed by atoms with Gasteiger partial charge in [0.2, 0.25) is 5.91 Å². The van der Waals surface area contributed by atoms with Gasteiger partial charge in [-0.05, 0) is 19.4 Å². The first-order valence-corrected chi connectivity index (χ1v) is 7.74. The second-order valence-corrected chi connectivity index (χ2v) is 4.90. The van der Waals surface area contributed by atoms with Crippen LogP contribution in [0.5, 0.6) is 0 Å². The van der Waals surface area contributed by atoms with E-state index in [9.17, 15) is 4.79 Å². The smallest absolute Gasteiger partial charge is 0.223 e. The van der Waals surface area contributed by atoms with E-state index in [1.165, 1.54) is 19.3 Å². The third-order valence-corrected chi connectivity index (χ3v) is 3.18. The van der Waals surface area contributed by atoms with E-state index in [0.717, 1.165) is 45.4 Å². The molecule has 0 aromatic heterocycles. The molecule has 0 heterocycles.